The predicted octanol–water partition coefficient (Wildman–Crippen LogP) is 4.39. The minimum atomic E-state index is -0.716. The lowest BCUT2D eigenvalue weighted by Gasteiger charge is -2.42. The maximum atomic E-state index is 13.8. The second-order valence-corrected chi connectivity index (χ2v) is 10.2. The molecule has 2 aromatic rings. The van der Waals surface area contributed by atoms with Gasteiger partial charge >= 0.3 is 6.09 Å². The summed E-state index contributed by atoms with van der Waals surface area (Å²) in [5.41, 5.74) is 2.43. The number of alkyl carbamates (subject to hydrolysis) is 1. The number of rotatable bonds is 5. The maximum Gasteiger partial charge on any atom is 0.408 e. The summed E-state index contributed by atoms with van der Waals surface area (Å²) in [6, 6.07) is 13.6. The SMILES string of the molecule is CCO[C@H]1C[C@H](C(=O)N2CCc3ccccc3[C@@H]2c2ccc(F)cc2)OC[C@H]1NC(=O)OC(C)(C)C. The molecule has 0 bridgehead atoms. The monoisotopic (exact) mass is 498 g/mol. The number of nitrogens with one attached hydrogen (secondary N) is 1. The molecule has 0 unspecified atom stereocenters. The van der Waals surface area contributed by atoms with Gasteiger partial charge in [0.15, 0.2) is 0 Å². The molecule has 8 heteroatoms. The fourth-order valence-electron chi connectivity index (χ4n) is 4.93. The van der Waals surface area contributed by atoms with Crippen LogP contribution in [0.15, 0.2) is 48.5 Å². The molecular formula is C28H35FN2O5. The van der Waals surface area contributed by atoms with Crippen molar-refractivity contribution in [2.24, 2.45) is 0 Å². The first-order chi connectivity index (χ1) is 17.2. The molecule has 1 fully saturated rings. The van der Waals surface area contributed by atoms with Gasteiger partial charge in [0.1, 0.15) is 17.5 Å². The maximum absolute atomic E-state index is 13.8. The first-order valence-corrected chi connectivity index (χ1v) is 12.5. The van der Waals surface area contributed by atoms with E-state index in [4.69, 9.17) is 14.2 Å². The number of fused-ring (bicyclic) bond motifs is 1. The molecule has 2 aromatic carbocycles. The molecule has 0 aliphatic carbocycles. The van der Waals surface area contributed by atoms with Crippen molar-refractivity contribution in [2.45, 2.75) is 70.4 Å². The zero-order valence-corrected chi connectivity index (χ0v) is 21.3. The Morgan fingerprint density at radius 3 is 2.56 bits per heavy atom. The van der Waals surface area contributed by atoms with E-state index in [0.29, 0.717) is 19.6 Å². The van der Waals surface area contributed by atoms with Crippen molar-refractivity contribution in [3.8, 4) is 0 Å². The Balaban J connectivity index is 1.53. The Labute approximate surface area is 211 Å². The zero-order chi connectivity index (χ0) is 25.9. The Morgan fingerprint density at radius 1 is 1.14 bits per heavy atom. The summed E-state index contributed by atoms with van der Waals surface area (Å²) in [6.45, 7) is 8.37. The first-order valence-electron chi connectivity index (χ1n) is 12.5. The molecule has 0 aromatic heterocycles. The van der Waals surface area contributed by atoms with Crippen molar-refractivity contribution in [1.82, 2.24) is 10.2 Å². The summed E-state index contributed by atoms with van der Waals surface area (Å²) in [5, 5.41) is 2.83. The van der Waals surface area contributed by atoms with Gasteiger partial charge in [-0.1, -0.05) is 36.4 Å². The van der Waals surface area contributed by atoms with Crippen LogP contribution >= 0.6 is 0 Å². The van der Waals surface area contributed by atoms with Gasteiger partial charge in [-0.3, -0.25) is 4.79 Å². The number of hydrogen-bond acceptors (Lipinski definition) is 5. The highest BCUT2D eigenvalue weighted by atomic mass is 19.1. The highest BCUT2D eigenvalue weighted by molar-refractivity contribution is 5.82. The van der Waals surface area contributed by atoms with Crippen LogP contribution in [0.1, 0.15) is 56.8 Å². The largest absolute Gasteiger partial charge is 0.444 e. The predicted molar refractivity (Wildman–Crippen MR) is 133 cm³/mol. The first kappa shape index (κ1) is 26.1. The van der Waals surface area contributed by atoms with Crippen LogP contribution in [0.4, 0.5) is 9.18 Å². The Kier molecular flexibility index (Phi) is 7.95. The van der Waals surface area contributed by atoms with E-state index in [-0.39, 0.29) is 24.4 Å². The summed E-state index contributed by atoms with van der Waals surface area (Å²) in [6.07, 6.45) is -0.626. The highest BCUT2D eigenvalue weighted by Gasteiger charge is 2.41. The van der Waals surface area contributed by atoms with Crippen molar-refractivity contribution in [3.63, 3.8) is 0 Å². The van der Waals surface area contributed by atoms with Gasteiger partial charge in [0.25, 0.3) is 5.91 Å². The molecule has 4 atom stereocenters. The standard InChI is InChI=1S/C28H35FN2O5/c1-5-34-23-16-24(35-17-22(23)30-27(33)36-28(2,3)4)26(32)31-15-14-18-8-6-7-9-21(18)25(31)19-10-12-20(29)13-11-19/h6-13,22-25H,5,14-17H2,1-4H3,(H,30,33)/t22-,23+,24-,25+/m1/s1. The van der Waals surface area contributed by atoms with Crippen LogP contribution in [-0.2, 0) is 25.4 Å². The van der Waals surface area contributed by atoms with Crippen molar-refractivity contribution < 1.29 is 28.2 Å². The van der Waals surface area contributed by atoms with Crippen molar-refractivity contribution >= 4 is 12.0 Å². The number of ether oxygens (including phenoxy) is 3. The molecule has 0 spiro atoms. The molecule has 0 saturated carbocycles. The second kappa shape index (κ2) is 11.0. The van der Waals surface area contributed by atoms with Crippen molar-refractivity contribution in [1.29, 1.82) is 0 Å². The molecule has 2 amide bonds. The van der Waals surface area contributed by atoms with Gasteiger partial charge < -0.3 is 24.4 Å². The van der Waals surface area contributed by atoms with E-state index in [2.05, 4.69) is 11.4 Å². The summed E-state index contributed by atoms with van der Waals surface area (Å²) in [5.74, 6) is -0.460. The summed E-state index contributed by atoms with van der Waals surface area (Å²) in [7, 11) is 0. The molecule has 2 aliphatic rings. The summed E-state index contributed by atoms with van der Waals surface area (Å²) < 4.78 is 31.0. The second-order valence-electron chi connectivity index (χ2n) is 10.2. The number of hydrogen-bond donors (Lipinski definition) is 1. The molecule has 36 heavy (non-hydrogen) atoms. The molecule has 194 valence electrons. The molecule has 0 radical (unpaired) electrons. The molecule has 4 rings (SSSR count). The molecule has 2 aliphatic heterocycles. The van der Waals surface area contributed by atoms with Crippen LogP contribution in [0.3, 0.4) is 0 Å². The lowest BCUT2D eigenvalue weighted by atomic mass is 9.87. The van der Waals surface area contributed by atoms with Gasteiger partial charge in [-0.15, -0.1) is 0 Å². The Hall–Kier alpha value is -2.97. The van der Waals surface area contributed by atoms with E-state index in [1.54, 1.807) is 32.9 Å². The van der Waals surface area contributed by atoms with Crippen LogP contribution in [0.2, 0.25) is 0 Å². The van der Waals surface area contributed by atoms with Crippen LogP contribution < -0.4 is 5.32 Å². The average molecular weight is 499 g/mol. The smallest absolute Gasteiger partial charge is 0.408 e. The lowest BCUT2D eigenvalue weighted by Crippen LogP contribution is -2.57. The van der Waals surface area contributed by atoms with Gasteiger partial charge in [0, 0.05) is 19.6 Å². The molecular weight excluding hydrogens is 463 g/mol. The zero-order valence-electron chi connectivity index (χ0n) is 21.3. The van der Waals surface area contributed by atoms with Gasteiger partial charge in [-0.05, 0) is 62.9 Å². The van der Waals surface area contributed by atoms with E-state index < -0.39 is 29.9 Å². The number of amides is 2. The molecule has 2 heterocycles. The minimum absolute atomic E-state index is 0.131. The van der Waals surface area contributed by atoms with Gasteiger partial charge in [0.2, 0.25) is 0 Å². The van der Waals surface area contributed by atoms with E-state index >= 15 is 0 Å². The van der Waals surface area contributed by atoms with E-state index in [9.17, 15) is 14.0 Å². The minimum Gasteiger partial charge on any atom is -0.444 e. The highest BCUT2D eigenvalue weighted by Crippen LogP contribution is 2.36. The number of carbonyl (C=O) groups excluding carboxylic acids is 2. The normalized spacial score (nSPS) is 24.1. The Bertz CT molecular complexity index is 1070. The van der Waals surface area contributed by atoms with Gasteiger partial charge in [0.05, 0.1) is 24.8 Å². The van der Waals surface area contributed by atoms with Crippen molar-refractivity contribution in [3.05, 3.63) is 71.0 Å². The third-order valence-electron chi connectivity index (χ3n) is 6.48. The quantitative estimate of drug-likeness (QED) is 0.662. The number of nitrogens with zero attached hydrogens (tertiary/aromatic N) is 1. The Morgan fingerprint density at radius 2 is 1.86 bits per heavy atom. The summed E-state index contributed by atoms with van der Waals surface area (Å²) in [4.78, 5) is 28.0. The van der Waals surface area contributed by atoms with Crippen LogP contribution in [0.5, 0.6) is 0 Å². The molecule has 1 N–H and O–H groups in total. The fraction of sp³-hybridized carbons (Fsp3) is 0.500. The lowest BCUT2D eigenvalue weighted by molar-refractivity contribution is -0.157. The molecule has 7 nitrogen and oxygen atoms in total. The topological polar surface area (TPSA) is 77.1 Å². The number of carbonyl (C=O) groups is 2. The fourth-order valence-corrected chi connectivity index (χ4v) is 4.93. The van der Waals surface area contributed by atoms with Crippen molar-refractivity contribution in [2.75, 3.05) is 19.8 Å². The third kappa shape index (κ3) is 6.05. The van der Waals surface area contributed by atoms with Gasteiger partial charge in [-0.2, -0.15) is 0 Å². The molecule has 1 saturated heterocycles. The van der Waals surface area contributed by atoms with E-state index in [0.717, 1.165) is 17.5 Å². The van der Waals surface area contributed by atoms with E-state index in [1.165, 1.54) is 17.7 Å². The number of benzene rings is 2. The van der Waals surface area contributed by atoms with Crippen LogP contribution in [0, 0.1) is 5.82 Å². The average Bonchev–Trinajstić information content (AvgIpc) is 2.83. The van der Waals surface area contributed by atoms with Gasteiger partial charge in [-0.25, -0.2) is 9.18 Å². The summed E-state index contributed by atoms with van der Waals surface area (Å²) >= 11 is 0. The third-order valence-corrected chi connectivity index (χ3v) is 6.48. The number of halogens is 1. The van der Waals surface area contributed by atoms with Crippen LogP contribution in [0.25, 0.3) is 0 Å². The van der Waals surface area contributed by atoms with E-state index in [1.807, 2.05) is 30.0 Å². The van der Waals surface area contributed by atoms with Crippen LogP contribution in [-0.4, -0.2) is 60.5 Å².